The van der Waals surface area contributed by atoms with Gasteiger partial charge in [-0.15, -0.1) is 0 Å². The molecule has 0 spiro atoms. The SMILES string of the molecule is C.C.CNc1c(OC)ccc2cc(Br)ccc12.COc1ccc2cc(Br)ccc2c1. The summed E-state index contributed by atoms with van der Waals surface area (Å²) in [7, 11) is 5.26. The Morgan fingerprint density at radius 3 is 1.87 bits per heavy atom. The van der Waals surface area contributed by atoms with Crippen LogP contribution in [0.3, 0.4) is 0 Å². The van der Waals surface area contributed by atoms with Crippen LogP contribution in [0.5, 0.6) is 11.5 Å². The van der Waals surface area contributed by atoms with Crippen LogP contribution in [-0.4, -0.2) is 21.3 Å². The number of ether oxygens (including phenoxy) is 2. The second-order valence-corrected chi connectivity index (χ2v) is 7.95. The van der Waals surface area contributed by atoms with Crippen LogP contribution in [0.4, 0.5) is 5.69 Å². The van der Waals surface area contributed by atoms with Crippen LogP contribution in [0.1, 0.15) is 14.9 Å². The lowest BCUT2D eigenvalue weighted by atomic mass is 10.1. The van der Waals surface area contributed by atoms with E-state index in [2.05, 4.69) is 73.6 Å². The summed E-state index contributed by atoms with van der Waals surface area (Å²) in [5, 5.41) is 7.94. The molecular formula is C25H29Br2NO2. The second kappa shape index (κ2) is 11.8. The Morgan fingerprint density at radius 1 is 0.667 bits per heavy atom. The van der Waals surface area contributed by atoms with E-state index in [1.54, 1.807) is 14.2 Å². The number of rotatable bonds is 3. The molecule has 0 aliphatic carbocycles. The minimum Gasteiger partial charge on any atom is -0.497 e. The second-order valence-electron chi connectivity index (χ2n) is 6.12. The lowest BCUT2D eigenvalue weighted by Gasteiger charge is -2.11. The zero-order chi connectivity index (χ0) is 20.1. The summed E-state index contributed by atoms with van der Waals surface area (Å²) in [5.41, 5.74) is 1.03. The smallest absolute Gasteiger partial charge is 0.142 e. The molecule has 0 unspecified atom stereocenters. The largest absolute Gasteiger partial charge is 0.497 e. The van der Waals surface area contributed by atoms with Gasteiger partial charge in [-0.3, -0.25) is 0 Å². The third-order valence-electron chi connectivity index (χ3n) is 4.42. The molecule has 0 radical (unpaired) electrons. The number of benzene rings is 4. The Bertz CT molecular complexity index is 1110. The molecule has 3 nitrogen and oxygen atoms in total. The van der Waals surface area contributed by atoms with Crippen molar-refractivity contribution in [1.82, 2.24) is 0 Å². The molecule has 0 atom stereocenters. The van der Waals surface area contributed by atoms with Gasteiger partial charge in [0.25, 0.3) is 0 Å². The molecule has 30 heavy (non-hydrogen) atoms. The van der Waals surface area contributed by atoms with E-state index in [-0.39, 0.29) is 14.9 Å². The van der Waals surface area contributed by atoms with E-state index < -0.39 is 0 Å². The van der Waals surface area contributed by atoms with Crippen LogP contribution in [0.2, 0.25) is 0 Å². The van der Waals surface area contributed by atoms with Gasteiger partial charge in [0.1, 0.15) is 11.5 Å². The quantitative estimate of drug-likeness (QED) is 0.285. The average Bonchev–Trinajstić information content (AvgIpc) is 2.72. The predicted molar refractivity (Wildman–Crippen MR) is 139 cm³/mol. The van der Waals surface area contributed by atoms with Crippen molar-refractivity contribution in [3.63, 3.8) is 0 Å². The molecular weight excluding hydrogens is 506 g/mol. The summed E-state index contributed by atoms with van der Waals surface area (Å²) in [6.45, 7) is 0. The van der Waals surface area contributed by atoms with E-state index in [0.29, 0.717) is 0 Å². The van der Waals surface area contributed by atoms with Crippen molar-refractivity contribution in [3.05, 3.63) is 75.7 Å². The highest BCUT2D eigenvalue weighted by molar-refractivity contribution is 9.10. The molecule has 0 saturated carbocycles. The van der Waals surface area contributed by atoms with Crippen LogP contribution in [0, 0.1) is 0 Å². The summed E-state index contributed by atoms with van der Waals surface area (Å²) in [5.74, 6) is 1.77. The van der Waals surface area contributed by atoms with Crippen molar-refractivity contribution in [2.24, 2.45) is 0 Å². The first-order valence-corrected chi connectivity index (χ1v) is 10.3. The van der Waals surface area contributed by atoms with Crippen molar-refractivity contribution in [2.75, 3.05) is 26.6 Å². The Labute approximate surface area is 196 Å². The molecule has 1 N–H and O–H groups in total. The number of fused-ring (bicyclic) bond motifs is 2. The maximum Gasteiger partial charge on any atom is 0.142 e. The van der Waals surface area contributed by atoms with Crippen molar-refractivity contribution < 1.29 is 9.47 Å². The highest BCUT2D eigenvalue weighted by Gasteiger charge is 2.06. The van der Waals surface area contributed by atoms with Crippen LogP contribution in [0.25, 0.3) is 21.5 Å². The first-order chi connectivity index (χ1) is 13.5. The number of anilines is 1. The number of hydrogen-bond acceptors (Lipinski definition) is 3. The van der Waals surface area contributed by atoms with Gasteiger partial charge in [0.05, 0.1) is 19.9 Å². The highest BCUT2D eigenvalue weighted by Crippen LogP contribution is 2.34. The molecule has 4 aromatic carbocycles. The summed E-state index contributed by atoms with van der Waals surface area (Å²) >= 11 is 6.90. The van der Waals surface area contributed by atoms with Gasteiger partial charge in [0.2, 0.25) is 0 Å². The zero-order valence-corrected chi connectivity index (χ0v) is 19.1. The van der Waals surface area contributed by atoms with Crippen LogP contribution in [0.15, 0.2) is 75.7 Å². The molecule has 0 aliphatic rings. The van der Waals surface area contributed by atoms with Gasteiger partial charge in [0.15, 0.2) is 0 Å². The summed E-state index contributed by atoms with van der Waals surface area (Å²) < 4.78 is 12.6. The maximum atomic E-state index is 5.30. The van der Waals surface area contributed by atoms with Crippen molar-refractivity contribution in [2.45, 2.75) is 14.9 Å². The normalized spacial score (nSPS) is 9.63. The first-order valence-electron chi connectivity index (χ1n) is 8.73. The minimum atomic E-state index is 0. The van der Waals surface area contributed by atoms with E-state index in [4.69, 9.17) is 9.47 Å². The van der Waals surface area contributed by atoms with E-state index >= 15 is 0 Å². The van der Waals surface area contributed by atoms with Crippen LogP contribution in [-0.2, 0) is 0 Å². The third-order valence-corrected chi connectivity index (χ3v) is 5.41. The summed E-state index contributed by atoms with van der Waals surface area (Å²) in [6.07, 6.45) is 0. The van der Waals surface area contributed by atoms with E-state index in [1.807, 2.05) is 37.4 Å². The predicted octanol–water partition coefficient (Wildman–Crippen LogP) is 8.54. The lowest BCUT2D eigenvalue weighted by Crippen LogP contribution is -1.94. The van der Waals surface area contributed by atoms with Crippen molar-refractivity contribution >= 4 is 59.1 Å². The topological polar surface area (TPSA) is 30.5 Å². The van der Waals surface area contributed by atoms with Gasteiger partial charge in [0, 0.05) is 21.4 Å². The van der Waals surface area contributed by atoms with Crippen LogP contribution >= 0.6 is 31.9 Å². The molecule has 0 fully saturated rings. The van der Waals surface area contributed by atoms with Gasteiger partial charge in [-0.05, 0) is 58.6 Å². The number of hydrogen-bond donors (Lipinski definition) is 1. The Morgan fingerprint density at radius 2 is 1.23 bits per heavy atom. The van der Waals surface area contributed by atoms with Crippen molar-refractivity contribution in [1.29, 1.82) is 0 Å². The summed E-state index contributed by atoms with van der Waals surface area (Å²) in [4.78, 5) is 0. The maximum absolute atomic E-state index is 5.30. The summed E-state index contributed by atoms with van der Waals surface area (Å²) in [6, 6.07) is 22.5. The fraction of sp³-hybridized carbons (Fsp3) is 0.200. The molecule has 160 valence electrons. The third kappa shape index (κ3) is 5.89. The first kappa shape index (κ1) is 25.8. The average molecular weight is 535 g/mol. The number of halogens is 2. The molecule has 0 heterocycles. The lowest BCUT2D eigenvalue weighted by molar-refractivity contribution is 0.415. The Kier molecular flexibility index (Phi) is 10.2. The fourth-order valence-corrected chi connectivity index (χ4v) is 3.79. The van der Waals surface area contributed by atoms with Gasteiger partial charge >= 0.3 is 0 Å². The van der Waals surface area contributed by atoms with Gasteiger partial charge in [-0.2, -0.15) is 0 Å². The molecule has 0 aliphatic heterocycles. The van der Waals surface area contributed by atoms with Gasteiger partial charge in [-0.25, -0.2) is 0 Å². The molecule has 0 saturated heterocycles. The highest BCUT2D eigenvalue weighted by atomic mass is 79.9. The van der Waals surface area contributed by atoms with Gasteiger partial charge in [-0.1, -0.05) is 71.0 Å². The number of nitrogens with one attached hydrogen (secondary N) is 1. The van der Waals surface area contributed by atoms with Crippen LogP contribution < -0.4 is 14.8 Å². The molecule has 5 heteroatoms. The zero-order valence-electron chi connectivity index (χ0n) is 15.9. The molecule has 4 rings (SSSR count). The minimum absolute atomic E-state index is 0. The van der Waals surface area contributed by atoms with E-state index in [1.165, 1.54) is 21.5 Å². The molecule has 0 bridgehead atoms. The Balaban J connectivity index is 0.000000284. The molecule has 0 aromatic heterocycles. The van der Waals surface area contributed by atoms with Gasteiger partial charge < -0.3 is 14.8 Å². The van der Waals surface area contributed by atoms with E-state index in [0.717, 1.165) is 26.1 Å². The van der Waals surface area contributed by atoms with E-state index in [9.17, 15) is 0 Å². The molecule has 0 amide bonds. The Hall–Kier alpha value is -2.24. The van der Waals surface area contributed by atoms with Crippen molar-refractivity contribution in [3.8, 4) is 11.5 Å². The monoisotopic (exact) mass is 533 g/mol. The molecule has 4 aromatic rings. The fourth-order valence-electron chi connectivity index (χ4n) is 3.03. The number of methoxy groups -OCH3 is 2. The standard InChI is InChI=1S/C12H12BrNO.C11H9BrO.2CH4/c1-14-12-10-5-4-9(13)7-8(10)3-6-11(12)15-2;1-13-11-5-3-8-6-10(12)4-2-9(8)7-11;;/h3-7,14H,1-2H3;2-7H,1H3;2*1H4.